The minimum Gasteiger partial charge on any atom is -0.494 e. The number of aliphatic carboxylic acids is 1. The highest BCUT2D eigenvalue weighted by atomic mass is 16.5. The van der Waals surface area contributed by atoms with E-state index in [1.54, 1.807) is 0 Å². The average molecular weight is 348 g/mol. The summed E-state index contributed by atoms with van der Waals surface area (Å²) in [6.45, 7) is 6.11. The summed E-state index contributed by atoms with van der Waals surface area (Å²) in [7, 11) is 0. The maximum Gasteiger partial charge on any atom is 0.303 e. The molecule has 1 aliphatic rings. The van der Waals surface area contributed by atoms with Crippen molar-refractivity contribution in [3.05, 3.63) is 24.3 Å². The van der Waals surface area contributed by atoms with Gasteiger partial charge in [-0.3, -0.25) is 14.5 Å². The van der Waals surface area contributed by atoms with E-state index in [2.05, 4.69) is 10.2 Å². The number of amides is 1. The van der Waals surface area contributed by atoms with E-state index >= 15 is 0 Å². The van der Waals surface area contributed by atoms with Gasteiger partial charge in [0.1, 0.15) is 5.75 Å². The number of carbonyl (C=O) groups is 2. The molecule has 2 N–H and O–H groups in total. The largest absolute Gasteiger partial charge is 0.494 e. The minimum absolute atomic E-state index is 0.0388. The van der Waals surface area contributed by atoms with Gasteiger partial charge in [-0.05, 0) is 69.8 Å². The van der Waals surface area contributed by atoms with Gasteiger partial charge in [0, 0.05) is 18.7 Å². The Morgan fingerprint density at radius 1 is 1.36 bits per heavy atom. The molecule has 0 radical (unpaired) electrons. The first-order valence-electron chi connectivity index (χ1n) is 8.99. The number of nitrogens with zero attached hydrogens (tertiary/aromatic N) is 1. The molecular weight excluding hydrogens is 320 g/mol. The Morgan fingerprint density at radius 2 is 2.08 bits per heavy atom. The SMILES string of the molecule is CCOc1ccc(NC(=O)C(C)N2CCCC(CCC(=O)O)C2)cc1. The smallest absolute Gasteiger partial charge is 0.303 e. The van der Waals surface area contributed by atoms with Crippen LogP contribution in [0.5, 0.6) is 5.75 Å². The third-order valence-corrected chi connectivity index (χ3v) is 4.68. The van der Waals surface area contributed by atoms with Crippen LogP contribution in [0.3, 0.4) is 0 Å². The first-order valence-corrected chi connectivity index (χ1v) is 8.99. The number of benzene rings is 1. The molecule has 1 amide bonds. The molecule has 138 valence electrons. The Kier molecular flexibility index (Phi) is 7.25. The fraction of sp³-hybridized carbons (Fsp3) is 0.579. The van der Waals surface area contributed by atoms with Crippen LogP contribution < -0.4 is 10.1 Å². The Hall–Kier alpha value is -2.08. The quantitative estimate of drug-likeness (QED) is 0.755. The van der Waals surface area contributed by atoms with Gasteiger partial charge >= 0.3 is 5.97 Å². The number of hydrogen-bond donors (Lipinski definition) is 2. The molecule has 25 heavy (non-hydrogen) atoms. The molecule has 6 nitrogen and oxygen atoms in total. The van der Waals surface area contributed by atoms with Crippen LogP contribution >= 0.6 is 0 Å². The van der Waals surface area contributed by atoms with E-state index in [0.29, 0.717) is 18.9 Å². The average Bonchev–Trinajstić information content (AvgIpc) is 2.61. The van der Waals surface area contributed by atoms with Gasteiger partial charge in [0.25, 0.3) is 0 Å². The molecule has 2 rings (SSSR count). The standard InChI is InChI=1S/C19H28N2O4/c1-3-25-17-9-7-16(8-10-17)20-19(24)14(2)21-12-4-5-15(13-21)6-11-18(22)23/h7-10,14-15H,3-6,11-13H2,1-2H3,(H,20,24)(H,22,23). The van der Waals surface area contributed by atoms with Gasteiger partial charge in [0.05, 0.1) is 12.6 Å². The van der Waals surface area contributed by atoms with Crippen molar-refractivity contribution in [2.45, 2.75) is 45.6 Å². The molecule has 0 saturated carbocycles. The molecule has 0 spiro atoms. The van der Waals surface area contributed by atoms with Gasteiger partial charge in [0.15, 0.2) is 0 Å². The summed E-state index contributed by atoms with van der Waals surface area (Å²) >= 11 is 0. The van der Waals surface area contributed by atoms with Crippen LogP contribution in [-0.2, 0) is 9.59 Å². The third-order valence-electron chi connectivity index (χ3n) is 4.68. The number of carboxylic acids is 1. The highest BCUT2D eigenvalue weighted by molar-refractivity contribution is 5.94. The monoisotopic (exact) mass is 348 g/mol. The number of hydrogen-bond acceptors (Lipinski definition) is 4. The number of piperidine rings is 1. The van der Waals surface area contributed by atoms with Gasteiger partial charge < -0.3 is 15.2 Å². The Balaban J connectivity index is 1.86. The van der Waals surface area contributed by atoms with Gasteiger partial charge in [-0.2, -0.15) is 0 Å². The van der Waals surface area contributed by atoms with E-state index in [9.17, 15) is 9.59 Å². The predicted octanol–water partition coefficient (Wildman–Crippen LogP) is 2.99. The van der Waals surface area contributed by atoms with Crippen LogP contribution in [0.1, 0.15) is 39.5 Å². The summed E-state index contributed by atoms with van der Waals surface area (Å²) in [5.41, 5.74) is 0.750. The zero-order valence-electron chi connectivity index (χ0n) is 15.0. The Bertz CT molecular complexity index is 573. The van der Waals surface area contributed by atoms with E-state index in [4.69, 9.17) is 9.84 Å². The lowest BCUT2D eigenvalue weighted by molar-refractivity contribution is -0.137. The van der Waals surface area contributed by atoms with Crippen molar-refractivity contribution >= 4 is 17.6 Å². The number of carbonyl (C=O) groups excluding carboxylic acids is 1. The molecule has 0 aromatic heterocycles. The van der Waals surface area contributed by atoms with E-state index in [0.717, 1.165) is 37.4 Å². The van der Waals surface area contributed by atoms with Crippen molar-refractivity contribution in [2.24, 2.45) is 5.92 Å². The maximum absolute atomic E-state index is 12.5. The van der Waals surface area contributed by atoms with Crippen LogP contribution in [0.4, 0.5) is 5.69 Å². The lowest BCUT2D eigenvalue weighted by Gasteiger charge is -2.36. The predicted molar refractivity (Wildman–Crippen MR) is 96.9 cm³/mol. The second-order valence-electron chi connectivity index (χ2n) is 6.56. The zero-order chi connectivity index (χ0) is 18.2. The Morgan fingerprint density at radius 3 is 2.72 bits per heavy atom. The molecule has 2 atom stereocenters. The molecule has 1 aromatic rings. The summed E-state index contributed by atoms with van der Waals surface area (Å²) in [4.78, 5) is 25.4. The molecular formula is C19H28N2O4. The van der Waals surface area contributed by atoms with Crippen molar-refractivity contribution < 1.29 is 19.4 Å². The van der Waals surface area contributed by atoms with Crippen molar-refractivity contribution in [3.8, 4) is 5.75 Å². The highest BCUT2D eigenvalue weighted by Crippen LogP contribution is 2.23. The van der Waals surface area contributed by atoms with Crippen molar-refractivity contribution in [3.63, 3.8) is 0 Å². The number of rotatable bonds is 8. The zero-order valence-corrected chi connectivity index (χ0v) is 15.0. The second kappa shape index (κ2) is 9.42. The van der Waals surface area contributed by atoms with Gasteiger partial charge in [-0.15, -0.1) is 0 Å². The normalized spacial score (nSPS) is 19.2. The molecule has 6 heteroatoms. The molecule has 1 fully saturated rings. The fourth-order valence-electron chi connectivity index (χ4n) is 3.23. The molecule has 2 unspecified atom stereocenters. The van der Waals surface area contributed by atoms with Crippen LogP contribution in [0.15, 0.2) is 24.3 Å². The first-order chi connectivity index (χ1) is 12.0. The van der Waals surface area contributed by atoms with E-state index in [1.807, 2.05) is 38.1 Å². The number of anilines is 1. The van der Waals surface area contributed by atoms with Crippen molar-refractivity contribution in [1.82, 2.24) is 4.90 Å². The first kappa shape index (κ1) is 19.2. The van der Waals surface area contributed by atoms with Gasteiger partial charge in [0.2, 0.25) is 5.91 Å². The lowest BCUT2D eigenvalue weighted by Crippen LogP contribution is -2.47. The lowest BCUT2D eigenvalue weighted by atomic mass is 9.92. The Labute approximate surface area is 149 Å². The van der Waals surface area contributed by atoms with Crippen molar-refractivity contribution in [2.75, 3.05) is 25.0 Å². The second-order valence-corrected chi connectivity index (χ2v) is 6.56. The summed E-state index contributed by atoms with van der Waals surface area (Å²) in [5, 5.41) is 11.8. The molecule has 0 bridgehead atoms. The van der Waals surface area contributed by atoms with E-state index in [-0.39, 0.29) is 18.4 Å². The van der Waals surface area contributed by atoms with Gasteiger partial charge in [-0.1, -0.05) is 0 Å². The number of carboxylic acid groups (broad SMARTS) is 1. The maximum atomic E-state index is 12.5. The fourth-order valence-corrected chi connectivity index (χ4v) is 3.23. The van der Waals surface area contributed by atoms with E-state index < -0.39 is 5.97 Å². The van der Waals surface area contributed by atoms with E-state index in [1.165, 1.54) is 0 Å². The topological polar surface area (TPSA) is 78.9 Å². The number of ether oxygens (including phenoxy) is 1. The third kappa shape index (κ3) is 6.05. The molecule has 1 aliphatic heterocycles. The minimum atomic E-state index is -0.751. The van der Waals surface area contributed by atoms with Crippen molar-refractivity contribution in [1.29, 1.82) is 0 Å². The van der Waals surface area contributed by atoms with Gasteiger partial charge in [-0.25, -0.2) is 0 Å². The van der Waals surface area contributed by atoms with Crippen LogP contribution in [0, 0.1) is 5.92 Å². The summed E-state index contributed by atoms with van der Waals surface area (Å²) in [6.07, 6.45) is 2.92. The molecule has 0 aliphatic carbocycles. The summed E-state index contributed by atoms with van der Waals surface area (Å²) in [5.74, 6) is 0.345. The van der Waals surface area contributed by atoms with Crippen LogP contribution in [-0.4, -0.2) is 47.6 Å². The number of likely N-dealkylation sites (tertiary alicyclic amines) is 1. The molecule has 1 aromatic carbocycles. The number of nitrogens with one attached hydrogen (secondary N) is 1. The molecule has 1 heterocycles. The summed E-state index contributed by atoms with van der Waals surface area (Å²) < 4.78 is 5.40. The summed E-state index contributed by atoms with van der Waals surface area (Å²) in [6, 6.07) is 7.11. The molecule has 1 saturated heterocycles. The van der Waals surface area contributed by atoms with Crippen LogP contribution in [0.2, 0.25) is 0 Å². The van der Waals surface area contributed by atoms with Crippen LogP contribution in [0.25, 0.3) is 0 Å². The highest BCUT2D eigenvalue weighted by Gasteiger charge is 2.27.